The molecule has 4 aliphatic carbocycles. The molecular weight excluding hydrogens is 384 g/mol. The zero-order chi connectivity index (χ0) is 21.0. The monoisotopic (exact) mass is 418 g/mol. The van der Waals surface area contributed by atoms with Gasteiger partial charge in [0.1, 0.15) is 5.60 Å². The quantitative estimate of drug-likeness (QED) is 0.393. The summed E-state index contributed by atoms with van der Waals surface area (Å²) in [5, 5.41) is 0. The van der Waals surface area contributed by atoms with E-state index in [0.717, 1.165) is 38.5 Å². The van der Waals surface area contributed by atoms with Crippen LogP contribution in [-0.2, 0) is 23.5 Å². The molecule has 0 radical (unpaired) electrons. The predicted molar refractivity (Wildman–Crippen MR) is 110 cm³/mol. The Morgan fingerprint density at radius 3 is 2.62 bits per heavy atom. The number of ether oxygens (including phenoxy) is 2. The van der Waals surface area contributed by atoms with Crippen LogP contribution >= 0.6 is 0 Å². The molecule has 4 unspecified atom stereocenters. The zero-order valence-electron chi connectivity index (χ0n) is 18.4. The van der Waals surface area contributed by atoms with Crippen LogP contribution in [0.2, 0.25) is 19.6 Å². The normalized spacial score (nSPS) is 50.2. The molecule has 160 valence electrons. The van der Waals surface area contributed by atoms with Crippen LogP contribution in [-0.4, -0.2) is 39.1 Å². The number of fused-ring (bicyclic) bond motifs is 1. The Morgan fingerprint density at radius 2 is 1.97 bits per heavy atom. The number of hydrogen-bond acceptors (Lipinski definition) is 5. The van der Waals surface area contributed by atoms with Gasteiger partial charge in [0.2, 0.25) is 0 Å². The minimum Gasteiger partial charge on any atom is -0.469 e. The molecular formula is C23H34O5Si. The van der Waals surface area contributed by atoms with Gasteiger partial charge in [-0.1, -0.05) is 12.2 Å². The first kappa shape index (κ1) is 19.8. The van der Waals surface area contributed by atoms with Gasteiger partial charge in [-0.05, 0) is 76.4 Å². The van der Waals surface area contributed by atoms with E-state index >= 15 is 0 Å². The maximum absolute atomic E-state index is 13.4. The highest BCUT2D eigenvalue weighted by atomic mass is 28.4. The van der Waals surface area contributed by atoms with Crippen LogP contribution in [0.4, 0.5) is 0 Å². The van der Waals surface area contributed by atoms with Crippen LogP contribution in [0.1, 0.15) is 45.4 Å². The lowest BCUT2D eigenvalue weighted by atomic mass is 9.59. The summed E-state index contributed by atoms with van der Waals surface area (Å²) in [6, 6.07) is 0. The Balaban J connectivity index is 1.68. The van der Waals surface area contributed by atoms with Gasteiger partial charge in [0, 0.05) is 11.8 Å². The number of rotatable bonds is 3. The van der Waals surface area contributed by atoms with Gasteiger partial charge in [-0.2, -0.15) is 0 Å². The number of carbonyl (C=O) groups is 2. The van der Waals surface area contributed by atoms with E-state index in [4.69, 9.17) is 13.9 Å². The molecule has 5 rings (SSSR count). The van der Waals surface area contributed by atoms with Crippen molar-refractivity contribution >= 4 is 20.3 Å². The van der Waals surface area contributed by atoms with Crippen LogP contribution in [0.3, 0.4) is 0 Å². The van der Waals surface area contributed by atoms with Gasteiger partial charge in [0.15, 0.2) is 8.32 Å². The van der Waals surface area contributed by atoms with E-state index in [1.165, 1.54) is 12.7 Å². The Bertz CT molecular complexity index is 802. The lowest BCUT2D eigenvalue weighted by Crippen LogP contribution is -2.56. The lowest BCUT2D eigenvalue weighted by Gasteiger charge is -2.47. The minimum atomic E-state index is -1.87. The lowest BCUT2D eigenvalue weighted by molar-refractivity contribution is -0.163. The summed E-state index contributed by atoms with van der Waals surface area (Å²) in [7, 11) is -0.390. The first-order valence-electron chi connectivity index (χ1n) is 11.2. The van der Waals surface area contributed by atoms with Crippen molar-refractivity contribution in [2.45, 2.75) is 76.8 Å². The van der Waals surface area contributed by atoms with Crippen molar-refractivity contribution in [3.8, 4) is 0 Å². The van der Waals surface area contributed by atoms with Crippen molar-refractivity contribution in [3.63, 3.8) is 0 Å². The summed E-state index contributed by atoms with van der Waals surface area (Å²) in [6.45, 7) is 12.9. The molecule has 1 heterocycles. The molecule has 5 aliphatic rings. The second-order valence-corrected chi connectivity index (χ2v) is 15.9. The summed E-state index contributed by atoms with van der Waals surface area (Å²) in [5.74, 6) is -0.102. The molecule has 4 bridgehead atoms. The van der Waals surface area contributed by atoms with Gasteiger partial charge in [0.25, 0.3) is 0 Å². The molecule has 5 fully saturated rings. The van der Waals surface area contributed by atoms with Crippen molar-refractivity contribution in [1.82, 2.24) is 0 Å². The minimum absolute atomic E-state index is 0.161. The molecule has 29 heavy (non-hydrogen) atoms. The fraction of sp³-hybridized carbons (Fsp3) is 0.826. The number of hydrogen-bond donors (Lipinski definition) is 0. The van der Waals surface area contributed by atoms with Crippen molar-refractivity contribution in [2.75, 3.05) is 7.11 Å². The van der Waals surface area contributed by atoms with Gasteiger partial charge in [-0.3, -0.25) is 9.59 Å². The Kier molecular flexibility index (Phi) is 3.93. The summed E-state index contributed by atoms with van der Waals surface area (Å²) in [5.41, 5.74) is -0.227. The third kappa shape index (κ3) is 2.25. The average Bonchev–Trinajstić information content (AvgIpc) is 3.09. The number of allylic oxidation sites excluding steroid dienone is 1. The first-order chi connectivity index (χ1) is 13.5. The summed E-state index contributed by atoms with van der Waals surface area (Å²) < 4.78 is 18.3. The van der Waals surface area contributed by atoms with Gasteiger partial charge >= 0.3 is 11.9 Å². The second-order valence-electron chi connectivity index (χ2n) is 11.5. The molecule has 0 aromatic rings. The van der Waals surface area contributed by atoms with Gasteiger partial charge in [-0.25, -0.2) is 0 Å². The van der Waals surface area contributed by atoms with E-state index in [0.29, 0.717) is 5.92 Å². The van der Waals surface area contributed by atoms with Crippen LogP contribution < -0.4 is 0 Å². The van der Waals surface area contributed by atoms with E-state index in [1.54, 1.807) is 0 Å². The number of methoxy groups -OCH3 is 1. The highest BCUT2D eigenvalue weighted by Crippen LogP contribution is 2.78. The summed E-state index contributed by atoms with van der Waals surface area (Å²) in [6.07, 6.45) is 5.40. The van der Waals surface area contributed by atoms with Gasteiger partial charge in [0.05, 0.1) is 24.5 Å². The van der Waals surface area contributed by atoms with Gasteiger partial charge in [-0.15, -0.1) is 0 Å². The van der Waals surface area contributed by atoms with Crippen LogP contribution in [0.5, 0.6) is 0 Å². The fourth-order valence-electron chi connectivity index (χ4n) is 8.36. The van der Waals surface area contributed by atoms with Crippen molar-refractivity contribution in [2.24, 2.45) is 34.5 Å². The van der Waals surface area contributed by atoms with E-state index in [1.807, 2.05) is 6.92 Å². The molecule has 1 spiro atoms. The van der Waals surface area contributed by atoms with Crippen molar-refractivity contribution in [1.29, 1.82) is 0 Å². The fourth-order valence-corrected chi connectivity index (χ4v) is 9.57. The third-order valence-electron chi connectivity index (χ3n) is 9.11. The Labute approximate surface area is 174 Å². The van der Waals surface area contributed by atoms with Crippen molar-refractivity contribution < 1.29 is 23.5 Å². The molecule has 6 heteroatoms. The zero-order valence-corrected chi connectivity index (χ0v) is 19.4. The van der Waals surface area contributed by atoms with E-state index in [2.05, 4.69) is 26.2 Å². The Morgan fingerprint density at radius 1 is 1.24 bits per heavy atom. The highest BCUT2D eigenvalue weighted by molar-refractivity contribution is 6.69. The maximum atomic E-state index is 13.4. The van der Waals surface area contributed by atoms with Crippen LogP contribution in [0, 0.1) is 34.5 Å². The van der Waals surface area contributed by atoms with Crippen LogP contribution in [0.25, 0.3) is 0 Å². The van der Waals surface area contributed by atoms with E-state index in [-0.39, 0.29) is 41.2 Å². The van der Waals surface area contributed by atoms with E-state index in [9.17, 15) is 9.59 Å². The molecule has 8 atom stereocenters. The van der Waals surface area contributed by atoms with E-state index < -0.39 is 19.3 Å². The SMILES string of the molecule is C=C1C[C@]23C[C@H]1CCC2[C@@]12CC[C@H](O[Si](C)(C)C)C(C)(C(=O)O1)C2C3C(=O)OC. The molecule has 5 nitrogen and oxygen atoms in total. The third-order valence-corrected chi connectivity index (χ3v) is 10.1. The standard InChI is InChI=1S/C23H34O5Si/c1-13-11-22-12-14(13)7-8-15(22)23-10-9-16(28-29(4,5)6)21(2,20(25)27-23)18(23)17(22)19(24)26-3/h14-18H,1,7-12H2,2-6H3/t14-,15?,16+,17?,18?,21?,22+,23-/m1/s1. The second kappa shape index (κ2) is 5.76. The molecule has 1 saturated heterocycles. The summed E-state index contributed by atoms with van der Waals surface area (Å²) >= 11 is 0. The molecule has 0 N–H and O–H groups in total. The van der Waals surface area contributed by atoms with Crippen LogP contribution in [0.15, 0.2) is 12.2 Å². The van der Waals surface area contributed by atoms with Crippen molar-refractivity contribution in [3.05, 3.63) is 12.2 Å². The largest absolute Gasteiger partial charge is 0.469 e. The molecule has 0 aromatic heterocycles. The average molecular weight is 419 g/mol. The van der Waals surface area contributed by atoms with Gasteiger partial charge < -0.3 is 13.9 Å². The summed E-state index contributed by atoms with van der Waals surface area (Å²) in [4.78, 5) is 26.7. The highest BCUT2D eigenvalue weighted by Gasteiger charge is 2.83. The smallest absolute Gasteiger partial charge is 0.315 e. The molecule has 0 amide bonds. The first-order valence-corrected chi connectivity index (χ1v) is 14.6. The Hall–Kier alpha value is -1.14. The predicted octanol–water partition coefficient (Wildman–Crippen LogP) is 4.08. The topological polar surface area (TPSA) is 61.8 Å². The maximum Gasteiger partial charge on any atom is 0.315 e. The number of esters is 2. The number of carbonyl (C=O) groups excluding carboxylic acids is 2. The molecule has 4 saturated carbocycles. The molecule has 1 aliphatic heterocycles. The molecule has 0 aromatic carbocycles.